The molecule has 0 heterocycles. The van der Waals surface area contributed by atoms with Crippen molar-refractivity contribution in [3.8, 4) is 0 Å². The molecule has 2 amide bonds. The van der Waals surface area contributed by atoms with Gasteiger partial charge in [-0.2, -0.15) is 0 Å². The van der Waals surface area contributed by atoms with Gasteiger partial charge in [0.05, 0.1) is 5.75 Å². The molecule has 1 unspecified atom stereocenters. The fourth-order valence-corrected chi connectivity index (χ4v) is 2.40. The summed E-state index contributed by atoms with van der Waals surface area (Å²) in [5.41, 5.74) is 1.83. The van der Waals surface area contributed by atoms with Crippen LogP contribution in [-0.4, -0.2) is 40.0 Å². The Morgan fingerprint density at radius 1 is 1.24 bits per heavy atom. The maximum Gasteiger partial charge on any atom is 0.319 e. The number of rotatable bonds is 7. The molecule has 1 rings (SSSR count). The maximum absolute atomic E-state index is 11.6. The van der Waals surface area contributed by atoms with Gasteiger partial charge >= 0.3 is 6.03 Å². The summed E-state index contributed by atoms with van der Waals surface area (Å²) < 4.78 is 21.9. The first-order valence-corrected chi connectivity index (χ1v) is 8.87. The number of carbonyl (C=O) groups is 1. The van der Waals surface area contributed by atoms with E-state index in [2.05, 4.69) is 22.9 Å². The van der Waals surface area contributed by atoms with E-state index in [9.17, 15) is 13.2 Å². The molecule has 0 spiro atoms. The maximum atomic E-state index is 11.6. The average Bonchev–Trinajstić information content (AvgIpc) is 2.42. The summed E-state index contributed by atoms with van der Waals surface area (Å²) >= 11 is 0. The summed E-state index contributed by atoms with van der Waals surface area (Å²) in [6.07, 6.45) is 1.59. The first-order chi connectivity index (χ1) is 9.81. The van der Waals surface area contributed by atoms with Crippen molar-refractivity contribution < 1.29 is 13.2 Å². The van der Waals surface area contributed by atoms with Crippen molar-refractivity contribution in [2.24, 2.45) is 0 Å². The van der Waals surface area contributed by atoms with Crippen LogP contribution in [0.1, 0.15) is 24.9 Å². The van der Waals surface area contributed by atoms with E-state index >= 15 is 0 Å². The number of hydrogen-bond acceptors (Lipinski definition) is 4. The number of carbonyl (C=O) groups excluding carboxylic acids is 1. The van der Waals surface area contributed by atoms with E-state index in [1.807, 2.05) is 31.3 Å². The van der Waals surface area contributed by atoms with Crippen molar-refractivity contribution in [1.82, 2.24) is 10.6 Å². The molecular weight excluding hydrogens is 290 g/mol. The molecule has 6 nitrogen and oxygen atoms in total. The van der Waals surface area contributed by atoms with Crippen LogP contribution in [0.2, 0.25) is 0 Å². The van der Waals surface area contributed by atoms with E-state index in [1.165, 1.54) is 6.26 Å². The van der Waals surface area contributed by atoms with Gasteiger partial charge in [-0.05, 0) is 38.1 Å². The number of sulfone groups is 1. The topological polar surface area (TPSA) is 87.3 Å². The van der Waals surface area contributed by atoms with E-state index in [4.69, 9.17) is 0 Å². The zero-order valence-corrected chi connectivity index (χ0v) is 13.5. The molecule has 3 N–H and O–H groups in total. The summed E-state index contributed by atoms with van der Waals surface area (Å²) in [5, 5.41) is 8.47. The average molecular weight is 313 g/mol. The second-order valence-corrected chi connectivity index (χ2v) is 7.26. The molecule has 0 aliphatic carbocycles. The molecular formula is C14H23N3O3S. The van der Waals surface area contributed by atoms with Crippen molar-refractivity contribution in [1.29, 1.82) is 0 Å². The van der Waals surface area contributed by atoms with Crippen molar-refractivity contribution in [2.75, 3.05) is 30.9 Å². The Morgan fingerprint density at radius 3 is 2.38 bits per heavy atom. The van der Waals surface area contributed by atoms with Crippen LogP contribution in [0.25, 0.3) is 0 Å². The van der Waals surface area contributed by atoms with E-state index in [0.717, 1.165) is 5.56 Å². The molecule has 118 valence electrons. The van der Waals surface area contributed by atoms with Crippen molar-refractivity contribution in [3.05, 3.63) is 29.8 Å². The quantitative estimate of drug-likeness (QED) is 0.666. The molecule has 0 aromatic heterocycles. The highest BCUT2D eigenvalue weighted by molar-refractivity contribution is 7.90. The number of hydrogen-bond donors (Lipinski definition) is 3. The highest BCUT2D eigenvalue weighted by Crippen LogP contribution is 2.15. The van der Waals surface area contributed by atoms with Gasteiger partial charge in [0.2, 0.25) is 0 Å². The smallest absolute Gasteiger partial charge is 0.319 e. The van der Waals surface area contributed by atoms with E-state index < -0.39 is 9.84 Å². The van der Waals surface area contributed by atoms with E-state index in [1.54, 1.807) is 0 Å². The van der Waals surface area contributed by atoms with Crippen LogP contribution in [0.5, 0.6) is 0 Å². The van der Waals surface area contributed by atoms with Crippen LogP contribution in [0, 0.1) is 0 Å². The lowest BCUT2D eigenvalue weighted by Gasteiger charge is -2.12. The molecule has 0 aliphatic heterocycles. The molecule has 21 heavy (non-hydrogen) atoms. The Bertz CT molecular complexity index is 555. The van der Waals surface area contributed by atoms with Gasteiger partial charge in [0.15, 0.2) is 0 Å². The third-order valence-corrected chi connectivity index (χ3v) is 4.11. The van der Waals surface area contributed by atoms with Crippen LogP contribution < -0.4 is 16.0 Å². The third-order valence-electron chi connectivity index (χ3n) is 3.08. The molecule has 0 saturated heterocycles. The number of amides is 2. The van der Waals surface area contributed by atoms with E-state index in [0.29, 0.717) is 18.7 Å². The minimum atomic E-state index is -2.97. The summed E-state index contributed by atoms with van der Waals surface area (Å²) in [6.45, 7) is 2.38. The fourth-order valence-electron chi connectivity index (χ4n) is 1.73. The van der Waals surface area contributed by atoms with Gasteiger partial charge in [-0.1, -0.05) is 12.1 Å². The summed E-state index contributed by atoms with van der Waals surface area (Å²) in [7, 11) is -1.08. The predicted molar refractivity (Wildman–Crippen MR) is 85.3 cm³/mol. The number of benzene rings is 1. The number of nitrogens with one attached hydrogen (secondary N) is 3. The Hall–Kier alpha value is -1.60. The summed E-state index contributed by atoms with van der Waals surface area (Å²) in [5.74, 6) is 0.0733. The van der Waals surface area contributed by atoms with Gasteiger partial charge in [0, 0.05) is 24.5 Å². The zero-order valence-electron chi connectivity index (χ0n) is 12.6. The highest BCUT2D eigenvalue weighted by Gasteiger charge is 2.05. The van der Waals surface area contributed by atoms with Gasteiger partial charge < -0.3 is 16.0 Å². The molecule has 0 radical (unpaired) electrons. The monoisotopic (exact) mass is 313 g/mol. The van der Waals surface area contributed by atoms with Crippen molar-refractivity contribution >= 4 is 21.6 Å². The molecule has 7 heteroatoms. The largest absolute Gasteiger partial charge is 0.338 e. The third kappa shape index (κ3) is 7.10. The predicted octanol–water partition coefficient (Wildman–Crippen LogP) is 1.52. The van der Waals surface area contributed by atoms with Crippen molar-refractivity contribution in [2.45, 2.75) is 19.4 Å². The van der Waals surface area contributed by atoms with Gasteiger partial charge in [-0.3, -0.25) is 0 Å². The standard InChI is InChI=1S/C14H23N3O3S/c1-11(15-2)12-5-7-13(8-6-12)17-14(18)16-9-4-10-21(3,19)20/h5-8,11,15H,4,9-10H2,1-3H3,(H2,16,17,18). The minimum Gasteiger partial charge on any atom is -0.338 e. The number of anilines is 1. The summed E-state index contributed by atoms with van der Waals surface area (Å²) in [6, 6.07) is 7.47. The lowest BCUT2D eigenvalue weighted by Crippen LogP contribution is -2.30. The van der Waals surface area contributed by atoms with E-state index in [-0.39, 0.29) is 17.8 Å². The summed E-state index contributed by atoms with van der Waals surface area (Å²) in [4.78, 5) is 11.6. The second-order valence-electron chi connectivity index (χ2n) is 5.00. The Kier molecular flexibility index (Phi) is 6.64. The lowest BCUT2D eigenvalue weighted by atomic mass is 10.1. The molecule has 0 fully saturated rings. The second kappa shape index (κ2) is 7.99. The lowest BCUT2D eigenvalue weighted by molar-refractivity contribution is 0.252. The molecule has 1 aromatic rings. The number of urea groups is 1. The molecule has 1 aromatic carbocycles. The molecule has 0 aliphatic rings. The van der Waals surface area contributed by atoms with Crippen LogP contribution in [0.4, 0.5) is 10.5 Å². The van der Waals surface area contributed by atoms with Crippen molar-refractivity contribution in [3.63, 3.8) is 0 Å². The van der Waals surface area contributed by atoms with Crippen LogP contribution in [-0.2, 0) is 9.84 Å². The normalized spacial score (nSPS) is 12.7. The highest BCUT2D eigenvalue weighted by atomic mass is 32.2. The van der Waals surface area contributed by atoms with Gasteiger partial charge in [0.25, 0.3) is 0 Å². The molecule has 1 atom stereocenters. The first kappa shape index (κ1) is 17.5. The molecule has 0 saturated carbocycles. The first-order valence-electron chi connectivity index (χ1n) is 6.81. The Morgan fingerprint density at radius 2 is 1.86 bits per heavy atom. The Labute approximate surface area is 126 Å². The van der Waals surface area contributed by atoms with Gasteiger partial charge in [-0.15, -0.1) is 0 Å². The SMILES string of the molecule is CNC(C)c1ccc(NC(=O)NCCCS(C)(=O)=O)cc1. The van der Waals surface area contributed by atoms with Gasteiger partial charge in [-0.25, -0.2) is 13.2 Å². The molecule has 0 bridgehead atoms. The minimum absolute atomic E-state index is 0.0733. The van der Waals surface area contributed by atoms with Gasteiger partial charge in [0.1, 0.15) is 9.84 Å². The zero-order chi connectivity index (χ0) is 15.9. The van der Waals surface area contributed by atoms with Crippen LogP contribution in [0.3, 0.4) is 0 Å². The van der Waals surface area contributed by atoms with Crippen LogP contribution in [0.15, 0.2) is 24.3 Å². The van der Waals surface area contributed by atoms with Crippen LogP contribution >= 0.6 is 0 Å². The fraction of sp³-hybridized carbons (Fsp3) is 0.500. The Balaban J connectivity index is 2.38.